The van der Waals surface area contributed by atoms with Gasteiger partial charge >= 0.3 is 6.18 Å². The van der Waals surface area contributed by atoms with Crippen molar-refractivity contribution in [3.05, 3.63) is 75.7 Å². The normalized spacial score (nSPS) is 18.9. The van der Waals surface area contributed by atoms with Gasteiger partial charge in [0.15, 0.2) is 11.3 Å². The van der Waals surface area contributed by atoms with Crippen LogP contribution in [0.3, 0.4) is 0 Å². The van der Waals surface area contributed by atoms with Crippen LogP contribution in [-0.2, 0) is 6.18 Å². The second-order valence-electron chi connectivity index (χ2n) is 8.10. The fourth-order valence-electron chi connectivity index (χ4n) is 4.19. The van der Waals surface area contributed by atoms with E-state index in [4.69, 9.17) is 0 Å². The number of nitriles is 1. The molecule has 3 atom stereocenters. The topological polar surface area (TPSA) is 126 Å². The molecule has 1 aliphatic rings. The molecule has 0 unspecified atom stereocenters. The fourth-order valence-corrected chi connectivity index (χ4v) is 4.19. The van der Waals surface area contributed by atoms with Gasteiger partial charge in [0, 0.05) is 30.4 Å². The number of halogens is 3. The predicted molar refractivity (Wildman–Crippen MR) is 113 cm³/mol. The molecule has 4 heterocycles. The van der Waals surface area contributed by atoms with Gasteiger partial charge in [-0.1, -0.05) is 6.07 Å². The Morgan fingerprint density at radius 2 is 1.91 bits per heavy atom. The number of hydrogen-bond donors (Lipinski definition) is 1. The third kappa shape index (κ3) is 3.59. The number of alkyl halides is 3. The fraction of sp³-hybridized carbons (Fsp3) is 0.318. The lowest BCUT2D eigenvalue weighted by Crippen LogP contribution is -2.28. The number of fused-ring (bicyclic) bond motifs is 1. The average Bonchev–Trinajstić information content (AvgIpc) is 3.17. The van der Waals surface area contributed by atoms with Crippen LogP contribution >= 0.6 is 0 Å². The third-order valence-corrected chi connectivity index (χ3v) is 6.16. The molecule has 0 radical (unpaired) electrons. The zero-order valence-corrected chi connectivity index (χ0v) is 17.8. The van der Waals surface area contributed by atoms with E-state index in [1.165, 1.54) is 10.7 Å². The maximum atomic E-state index is 12.9. The first kappa shape index (κ1) is 21.7. The van der Waals surface area contributed by atoms with Gasteiger partial charge in [0.2, 0.25) is 0 Å². The molecule has 0 amide bonds. The molecule has 0 bridgehead atoms. The number of nitrogens with one attached hydrogen (secondary N) is 1. The summed E-state index contributed by atoms with van der Waals surface area (Å²) in [7, 11) is 0. The lowest BCUT2D eigenvalue weighted by Gasteiger charge is -2.34. The minimum atomic E-state index is -4.56. The first-order chi connectivity index (χ1) is 16.3. The van der Waals surface area contributed by atoms with Gasteiger partial charge in [-0.15, -0.1) is 0 Å². The standard InChI is InChI=1S/C22H17F3N8O/c1-11(12-3-6-16(29-10-12)22(23,24)25)33-20-17(15(9-26)32-33)21(34)31-19(30-20)14-5-4-13(14)18-27-7-2-8-28-18/h2-3,6-8,10-11,13-14H,4-5H2,1H3,(H,30,31,34)/t11-,13-,14-/m1/s1. The van der Waals surface area contributed by atoms with E-state index in [0.29, 0.717) is 17.2 Å². The van der Waals surface area contributed by atoms with Gasteiger partial charge in [-0.05, 0) is 37.5 Å². The van der Waals surface area contributed by atoms with Gasteiger partial charge in [0.25, 0.3) is 5.56 Å². The number of aromatic amines is 1. The Bertz CT molecular complexity index is 1450. The van der Waals surface area contributed by atoms with E-state index in [1.54, 1.807) is 25.4 Å². The number of rotatable bonds is 4. The van der Waals surface area contributed by atoms with Crippen molar-refractivity contribution in [1.29, 1.82) is 5.26 Å². The Morgan fingerprint density at radius 3 is 2.50 bits per heavy atom. The minimum absolute atomic E-state index is 0.00912. The highest BCUT2D eigenvalue weighted by molar-refractivity contribution is 5.80. The average molecular weight is 466 g/mol. The van der Waals surface area contributed by atoms with Crippen LogP contribution in [-0.4, -0.2) is 34.7 Å². The molecule has 1 fully saturated rings. The summed E-state index contributed by atoms with van der Waals surface area (Å²) in [6.45, 7) is 1.68. The lowest BCUT2D eigenvalue weighted by atomic mass is 9.72. The predicted octanol–water partition coefficient (Wildman–Crippen LogP) is 3.47. The highest BCUT2D eigenvalue weighted by Gasteiger charge is 2.38. The van der Waals surface area contributed by atoms with Gasteiger partial charge in [-0.3, -0.25) is 9.78 Å². The van der Waals surface area contributed by atoms with Crippen LogP contribution in [0.25, 0.3) is 11.0 Å². The molecule has 12 heteroatoms. The van der Waals surface area contributed by atoms with E-state index in [9.17, 15) is 23.2 Å². The van der Waals surface area contributed by atoms with Crippen LogP contribution in [0.2, 0.25) is 0 Å². The highest BCUT2D eigenvalue weighted by atomic mass is 19.4. The van der Waals surface area contributed by atoms with Crippen LogP contribution in [0.15, 0.2) is 41.6 Å². The van der Waals surface area contributed by atoms with Crippen LogP contribution in [0.4, 0.5) is 13.2 Å². The Balaban J connectivity index is 1.57. The summed E-state index contributed by atoms with van der Waals surface area (Å²) in [5.41, 5.74) is -1.02. The maximum absolute atomic E-state index is 12.9. The number of aromatic nitrogens is 7. The molecule has 5 rings (SSSR count). The van der Waals surface area contributed by atoms with E-state index in [2.05, 4.69) is 30.0 Å². The quantitative estimate of drug-likeness (QED) is 0.488. The molecule has 9 nitrogen and oxygen atoms in total. The van der Waals surface area contributed by atoms with Crippen LogP contribution in [0.1, 0.15) is 66.2 Å². The molecule has 0 aromatic carbocycles. The van der Waals surface area contributed by atoms with Crippen molar-refractivity contribution in [2.75, 3.05) is 0 Å². The first-order valence-corrected chi connectivity index (χ1v) is 10.5. The van der Waals surface area contributed by atoms with Crippen LogP contribution in [0, 0.1) is 11.3 Å². The van der Waals surface area contributed by atoms with Crippen molar-refractivity contribution in [2.24, 2.45) is 0 Å². The van der Waals surface area contributed by atoms with E-state index in [1.807, 2.05) is 6.07 Å². The maximum Gasteiger partial charge on any atom is 0.433 e. The zero-order valence-electron chi connectivity index (χ0n) is 17.8. The number of nitrogens with zero attached hydrogens (tertiary/aromatic N) is 7. The van der Waals surface area contributed by atoms with E-state index in [0.717, 1.165) is 25.1 Å². The summed E-state index contributed by atoms with van der Waals surface area (Å²) >= 11 is 0. The van der Waals surface area contributed by atoms with Crippen molar-refractivity contribution in [3.63, 3.8) is 0 Å². The zero-order chi connectivity index (χ0) is 24.0. The number of hydrogen-bond acceptors (Lipinski definition) is 7. The molecule has 4 aromatic heterocycles. The smallest absolute Gasteiger partial charge is 0.310 e. The largest absolute Gasteiger partial charge is 0.433 e. The molecular weight excluding hydrogens is 449 g/mol. The monoisotopic (exact) mass is 466 g/mol. The first-order valence-electron chi connectivity index (χ1n) is 10.5. The lowest BCUT2D eigenvalue weighted by molar-refractivity contribution is -0.141. The van der Waals surface area contributed by atoms with Crippen LogP contribution < -0.4 is 5.56 Å². The molecule has 0 saturated heterocycles. The Morgan fingerprint density at radius 1 is 1.18 bits per heavy atom. The summed E-state index contributed by atoms with van der Waals surface area (Å²) in [4.78, 5) is 32.5. The third-order valence-electron chi connectivity index (χ3n) is 6.16. The molecule has 1 saturated carbocycles. The van der Waals surface area contributed by atoms with E-state index < -0.39 is 23.5 Å². The minimum Gasteiger partial charge on any atom is -0.310 e. The Labute approximate surface area is 190 Å². The van der Waals surface area contributed by atoms with Gasteiger partial charge in [-0.2, -0.15) is 23.5 Å². The summed E-state index contributed by atoms with van der Waals surface area (Å²) in [6.07, 6.45) is 1.48. The van der Waals surface area contributed by atoms with Crippen molar-refractivity contribution in [2.45, 2.75) is 43.8 Å². The van der Waals surface area contributed by atoms with Crippen molar-refractivity contribution in [3.8, 4) is 6.07 Å². The molecule has 1 aliphatic carbocycles. The van der Waals surface area contributed by atoms with Crippen molar-refractivity contribution in [1.82, 2.24) is 34.7 Å². The van der Waals surface area contributed by atoms with E-state index in [-0.39, 0.29) is 28.6 Å². The molecule has 172 valence electrons. The number of H-pyrrole nitrogens is 1. The molecular formula is C22H17F3N8O. The molecule has 0 aliphatic heterocycles. The molecule has 34 heavy (non-hydrogen) atoms. The summed E-state index contributed by atoms with van der Waals surface area (Å²) in [5, 5.41) is 13.8. The van der Waals surface area contributed by atoms with Crippen LogP contribution in [0.5, 0.6) is 0 Å². The summed E-state index contributed by atoms with van der Waals surface area (Å²) in [5.74, 6) is 0.975. The van der Waals surface area contributed by atoms with Gasteiger partial charge in [0.05, 0.1) is 6.04 Å². The molecule has 4 aromatic rings. The summed E-state index contributed by atoms with van der Waals surface area (Å²) in [6, 6.07) is 5.17. The Kier molecular flexibility index (Phi) is 5.11. The molecule has 1 N–H and O–H groups in total. The SMILES string of the molecule is C[C@H](c1ccc(C(F)(F)F)nc1)n1nc(C#N)c2c(=O)[nH]c([C@@H]3CC[C@H]3c3ncccn3)nc21. The Hall–Kier alpha value is -4.14. The number of pyridine rings is 1. The van der Waals surface area contributed by atoms with Crippen molar-refractivity contribution >= 4 is 11.0 Å². The summed E-state index contributed by atoms with van der Waals surface area (Å²) < 4.78 is 40.0. The van der Waals surface area contributed by atoms with Gasteiger partial charge < -0.3 is 4.98 Å². The second kappa shape index (κ2) is 8.02. The van der Waals surface area contributed by atoms with Gasteiger partial charge in [0.1, 0.15) is 28.8 Å². The second-order valence-corrected chi connectivity index (χ2v) is 8.10. The van der Waals surface area contributed by atoms with Crippen molar-refractivity contribution < 1.29 is 13.2 Å². The molecule has 0 spiro atoms. The highest BCUT2D eigenvalue weighted by Crippen LogP contribution is 2.46. The van der Waals surface area contributed by atoms with E-state index >= 15 is 0 Å². The van der Waals surface area contributed by atoms with Gasteiger partial charge in [-0.25, -0.2) is 19.6 Å².